The first-order valence-corrected chi connectivity index (χ1v) is 6.11. The van der Waals surface area contributed by atoms with Gasteiger partial charge in [0.15, 0.2) is 0 Å². The Balaban J connectivity index is 2.34. The van der Waals surface area contributed by atoms with Gasteiger partial charge >= 0.3 is 0 Å². The number of benzene rings is 1. The Bertz CT molecular complexity index is 498. The van der Waals surface area contributed by atoms with Crippen LogP contribution in [0.5, 0.6) is 0 Å². The SMILES string of the molecule is CCc1nc(Cc2ccccc2)nc(NN)c1C. The molecule has 94 valence electrons. The molecule has 2 rings (SSSR count). The van der Waals surface area contributed by atoms with Crippen LogP contribution in [0, 0.1) is 6.92 Å². The monoisotopic (exact) mass is 242 g/mol. The zero-order valence-electron chi connectivity index (χ0n) is 10.8. The van der Waals surface area contributed by atoms with E-state index in [0.29, 0.717) is 5.82 Å². The molecule has 0 spiro atoms. The van der Waals surface area contributed by atoms with Crippen molar-refractivity contribution in [2.75, 3.05) is 5.43 Å². The molecule has 0 saturated heterocycles. The predicted molar refractivity (Wildman–Crippen MR) is 73.2 cm³/mol. The number of nitrogens with one attached hydrogen (secondary N) is 1. The van der Waals surface area contributed by atoms with Crippen molar-refractivity contribution in [3.8, 4) is 0 Å². The second-order valence-electron chi connectivity index (χ2n) is 4.22. The Hall–Kier alpha value is -1.94. The van der Waals surface area contributed by atoms with Gasteiger partial charge in [-0.2, -0.15) is 0 Å². The maximum atomic E-state index is 5.50. The summed E-state index contributed by atoms with van der Waals surface area (Å²) in [6, 6.07) is 10.2. The average molecular weight is 242 g/mol. The summed E-state index contributed by atoms with van der Waals surface area (Å²) < 4.78 is 0. The van der Waals surface area contributed by atoms with E-state index in [0.717, 1.165) is 29.9 Å². The minimum absolute atomic E-state index is 0.716. The molecule has 0 aliphatic carbocycles. The fraction of sp³-hybridized carbons (Fsp3) is 0.286. The molecule has 1 aromatic carbocycles. The number of hydrazine groups is 1. The molecule has 0 aliphatic heterocycles. The molecule has 0 saturated carbocycles. The van der Waals surface area contributed by atoms with Gasteiger partial charge in [-0.15, -0.1) is 0 Å². The fourth-order valence-corrected chi connectivity index (χ4v) is 1.96. The van der Waals surface area contributed by atoms with Crippen molar-refractivity contribution in [2.24, 2.45) is 5.84 Å². The lowest BCUT2D eigenvalue weighted by Gasteiger charge is -2.10. The van der Waals surface area contributed by atoms with E-state index in [9.17, 15) is 0 Å². The van der Waals surface area contributed by atoms with Gasteiger partial charge < -0.3 is 5.43 Å². The van der Waals surface area contributed by atoms with Gasteiger partial charge in [0, 0.05) is 17.7 Å². The second kappa shape index (κ2) is 5.60. The summed E-state index contributed by atoms with van der Waals surface area (Å²) >= 11 is 0. The van der Waals surface area contributed by atoms with Crippen LogP contribution in [0.25, 0.3) is 0 Å². The lowest BCUT2D eigenvalue weighted by Crippen LogP contribution is -2.14. The maximum Gasteiger partial charge on any atom is 0.146 e. The Kier molecular flexibility index (Phi) is 3.89. The van der Waals surface area contributed by atoms with Crippen molar-refractivity contribution >= 4 is 5.82 Å². The Morgan fingerprint density at radius 1 is 1.17 bits per heavy atom. The minimum Gasteiger partial charge on any atom is -0.308 e. The third-order valence-corrected chi connectivity index (χ3v) is 2.97. The smallest absolute Gasteiger partial charge is 0.146 e. The van der Waals surface area contributed by atoms with Gasteiger partial charge in [-0.3, -0.25) is 0 Å². The van der Waals surface area contributed by atoms with E-state index < -0.39 is 0 Å². The van der Waals surface area contributed by atoms with Crippen molar-refractivity contribution in [3.05, 3.63) is 53.0 Å². The van der Waals surface area contributed by atoms with Crippen LogP contribution >= 0.6 is 0 Å². The molecule has 2 aromatic rings. The molecule has 1 aromatic heterocycles. The lowest BCUT2D eigenvalue weighted by molar-refractivity contribution is 0.888. The number of rotatable bonds is 4. The van der Waals surface area contributed by atoms with E-state index in [1.165, 1.54) is 5.56 Å². The fourth-order valence-electron chi connectivity index (χ4n) is 1.96. The molecule has 0 amide bonds. The van der Waals surface area contributed by atoms with Gasteiger partial charge in [-0.05, 0) is 18.9 Å². The molecule has 1 heterocycles. The van der Waals surface area contributed by atoms with Crippen molar-refractivity contribution in [2.45, 2.75) is 26.7 Å². The lowest BCUT2D eigenvalue weighted by atomic mass is 10.1. The third kappa shape index (κ3) is 2.65. The van der Waals surface area contributed by atoms with E-state index in [1.807, 2.05) is 25.1 Å². The first-order valence-electron chi connectivity index (χ1n) is 6.11. The van der Waals surface area contributed by atoms with Gasteiger partial charge in [-0.1, -0.05) is 37.3 Å². The zero-order valence-corrected chi connectivity index (χ0v) is 10.8. The molecule has 0 radical (unpaired) electrons. The predicted octanol–water partition coefficient (Wildman–Crippen LogP) is 2.22. The van der Waals surface area contributed by atoms with Crippen LogP contribution in [0.15, 0.2) is 30.3 Å². The molecular formula is C14H18N4. The normalized spacial score (nSPS) is 10.4. The first kappa shape index (κ1) is 12.5. The summed E-state index contributed by atoms with van der Waals surface area (Å²) in [7, 11) is 0. The van der Waals surface area contributed by atoms with Gasteiger partial charge in [-0.25, -0.2) is 15.8 Å². The molecular weight excluding hydrogens is 224 g/mol. The summed E-state index contributed by atoms with van der Waals surface area (Å²) in [5.41, 5.74) is 5.92. The van der Waals surface area contributed by atoms with Crippen molar-refractivity contribution in [3.63, 3.8) is 0 Å². The van der Waals surface area contributed by atoms with Gasteiger partial charge in [0.2, 0.25) is 0 Å². The van der Waals surface area contributed by atoms with Crippen LogP contribution in [-0.4, -0.2) is 9.97 Å². The van der Waals surface area contributed by atoms with Crippen molar-refractivity contribution in [1.29, 1.82) is 0 Å². The van der Waals surface area contributed by atoms with Crippen molar-refractivity contribution < 1.29 is 0 Å². The molecule has 4 heteroatoms. The molecule has 4 nitrogen and oxygen atoms in total. The minimum atomic E-state index is 0.716. The highest BCUT2D eigenvalue weighted by Crippen LogP contribution is 2.16. The molecule has 0 bridgehead atoms. The van der Waals surface area contributed by atoms with Crippen LogP contribution < -0.4 is 11.3 Å². The Morgan fingerprint density at radius 3 is 2.50 bits per heavy atom. The second-order valence-corrected chi connectivity index (χ2v) is 4.22. The van der Waals surface area contributed by atoms with Gasteiger partial charge in [0.25, 0.3) is 0 Å². The summed E-state index contributed by atoms with van der Waals surface area (Å²) in [5.74, 6) is 7.01. The number of anilines is 1. The zero-order chi connectivity index (χ0) is 13.0. The number of hydrogen-bond acceptors (Lipinski definition) is 4. The largest absolute Gasteiger partial charge is 0.308 e. The number of nitrogens with two attached hydrogens (primary N) is 1. The summed E-state index contributed by atoms with van der Waals surface area (Å²) in [6.07, 6.45) is 1.60. The van der Waals surface area contributed by atoms with Crippen LogP contribution in [0.3, 0.4) is 0 Å². The van der Waals surface area contributed by atoms with Crippen LogP contribution in [0.2, 0.25) is 0 Å². The number of nitrogen functional groups attached to an aromatic ring is 1. The molecule has 18 heavy (non-hydrogen) atoms. The number of hydrogen-bond donors (Lipinski definition) is 2. The molecule has 0 fully saturated rings. The highest BCUT2D eigenvalue weighted by atomic mass is 15.3. The first-order chi connectivity index (χ1) is 8.74. The number of aromatic nitrogens is 2. The van der Waals surface area contributed by atoms with Crippen LogP contribution in [0.4, 0.5) is 5.82 Å². The molecule has 0 atom stereocenters. The van der Waals surface area contributed by atoms with E-state index in [4.69, 9.17) is 5.84 Å². The van der Waals surface area contributed by atoms with E-state index in [2.05, 4.69) is 34.5 Å². The summed E-state index contributed by atoms with van der Waals surface area (Å²) in [6.45, 7) is 4.07. The average Bonchev–Trinajstić information content (AvgIpc) is 2.41. The molecule has 3 N–H and O–H groups in total. The number of nitrogens with zero attached hydrogens (tertiary/aromatic N) is 2. The van der Waals surface area contributed by atoms with Crippen molar-refractivity contribution in [1.82, 2.24) is 9.97 Å². The standard InChI is InChI=1S/C14H18N4/c1-3-12-10(2)14(18-15)17-13(16-12)9-11-7-5-4-6-8-11/h4-8H,3,9,15H2,1-2H3,(H,16,17,18). The topological polar surface area (TPSA) is 63.8 Å². The number of aryl methyl sites for hydroxylation is 1. The Morgan fingerprint density at radius 2 is 1.89 bits per heavy atom. The van der Waals surface area contributed by atoms with Crippen LogP contribution in [-0.2, 0) is 12.8 Å². The van der Waals surface area contributed by atoms with Gasteiger partial charge in [0.05, 0.1) is 0 Å². The summed E-state index contributed by atoms with van der Waals surface area (Å²) in [5, 5.41) is 0. The van der Waals surface area contributed by atoms with Gasteiger partial charge in [0.1, 0.15) is 11.6 Å². The van der Waals surface area contributed by atoms with E-state index >= 15 is 0 Å². The maximum absolute atomic E-state index is 5.50. The van der Waals surface area contributed by atoms with E-state index in [1.54, 1.807) is 0 Å². The van der Waals surface area contributed by atoms with Crippen LogP contribution in [0.1, 0.15) is 29.6 Å². The van der Waals surface area contributed by atoms with E-state index in [-0.39, 0.29) is 0 Å². The Labute approximate surface area is 107 Å². The third-order valence-electron chi connectivity index (χ3n) is 2.97. The molecule has 0 unspecified atom stereocenters. The molecule has 0 aliphatic rings. The quantitative estimate of drug-likeness (QED) is 0.637. The highest BCUT2D eigenvalue weighted by molar-refractivity contribution is 5.45. The summed E-state index contributed by atoms with van der Waals surface area (Å²) in [4.78, 5) is 9.04. The highest BCUT2D eigenvalue weighted by Gasteiger charge is 2.09.